The van der Waals surface area contributed by atoms with Gasteiger partial charge in [0.05, 0.1) is 23.4 Å². The first-order chi connectivity index (χ1) is 11.2. The Kier molecular flexibility index (Phi) is 4.73. The van der Waals surface area contributed by atoms with Gasteiger partial charge in [0.2, 0.25) is 0 Å². The van der Waals surface area contributed by atoms with Crippen molar-refractivity contribution in [2.75, 3.05) is 20.3 Å². The first kappa shape index (κ1) is 15.7. The maximum atomic E-state index is 14.0. The van der Waals surface area contributed by atoms with Gasteiger partial charge in [0.15, 0.2) is 0 Å². The molecule has 2 aromatic heterocycles. The molecule has 0 aliphatic heterocycles. The number of aromatic nitrogens is 1. The molecule has 0 aliphatic carbocycles. The highest BCUT2D eigenvalue weighted by molar-refractivity contribution is 7.17. The second kappa shape index (κ2) is 6.93. The van der Waals surface area contributed by atoms with E-state index in [1.54, 1.807) is 36.6 Å². The van der Waals surface area contributed by atoms with Crippen molar-refractivity contribution in [1.29, 1.82) is 0 Å². The molecule has 3 aromatic rings. The van der Waals surface area contributed by atoms with Gasteiger partial charge in [-0.2, -0.15) is 0 Å². The fourth-order valence-electron chi connectivity index (χ4n) is 2.49. The third-order valence-electron chi connectivity index (χ3n) is 3.63. The van der Waals surface area contributed by atoms with E-state index < -0.39 is 0 Å². The number of carbonyl (C=O) groups excluding carboxylic acids is 1. The maximum Gasteiger partial charge on any atom is 0.268 e. The lowest BCUT2D eigenvalue weighted by Crippen LogP contribution is -2.29. The van der Waals surface area contributed by atoms with Gasteiger partial charge in [-0.3, -0.25) is 4.79 Å². The molecule has 0 aliphatic rings. The Morgan fingerprint density at radius 2 is 2.17 bits per heavy atom. The van der Waals surface area contributed by atoms with Crippen molar-refractivity contribution < 1.29 is 13.9 Å². The van der Waals surface area contributed by atoms with Crippen molar-refractivity contribution in [2.24, 2.45) is 0 Å². The highest BCUT2D eigenvalue weighted by Crippen LogP contribution is 2.26. The molecule has 1 amide bonds. The van der Waals surface area contributed by atoms with Crippen LogP contribution in [0.3, 0.4) is 0 Å². The van der Waals surface area contributed by atoms with Crippen LogP contribution in [0.15, 0.2) is 41.8 Å². The first-order valence-electron chi connectivity index (χ1n) is 7.28. The number of rotatable bonds is 6. The summed E-state index contributed by atoms with van der Waals surface area (Å²) >= 11 is 1.56. The Hall–Kier alpha value is -2.18. The Morgan fingerprint density at radius 1 is 1.35 bits per heavy atom. The Morgan fingerprint density at radius 3 is 2.96 bits per heavy atom. The SMILES string of the molecule is COCCNC(=O)c1cc2sccc2n1Cc1ccccc1F. The highest BCUT2D eigenvalue weighted by Gasteiger charge is 2.17. The van der Waals surface area contributed by atoms with E-state index in [1.165, 1.54) is 6.07 Å². The molecular weight excluding hydrogens is 315 g/mol. The molecule has 6 heteroatoms. The van der Waals surface area contributed by atoms with Crippen molar-refractivity contribution in [3.05, 3.63) is 58.9 Å². The minimum atomic E-state index is -0.268. The molecular formula is C17H17FN2O2S. The number of hydrogen-bond donors (Lipinski definition) is 1. The van der Waals surface area contributed by atoms with Gasteiger partial charge in [0.25, 0.3) is 5.91 Å². The highest BCUT2D eigenvalue weighted by atomic mass is 32.1. The first-order valence-corrected chi connectivity index (χ1v) is 8.16. The molecule has 0 saturated carbocycles. The number of halogens is 1. The Bertz CT molecular complexity index is 825. The number of carbonyl (C=O) groups is 1. The van der Waals surface area contributed by atoms with Gasteiger partial charge < -0.3 is 14.6 Å². The second-order valence-corrected chi connectivity index (χ2v) is 6.07. The van der Waals surface area contributed by atoms with E-state index in [2.05, 4.69) is 5.32 Å². The number of nitrogens with one attached hydrogen (secondary N) is 1. The van der Waals surface area contributed by atoms with Gasteiger partial charge >= 0.3 is 0 Å². The van der Waals surface area contributed by atoms with Crippen molar-refractivity contribution in [2.45, 2.75) is 6.54 Å². The number of amides is 1. The number of methoxy groups -OCH3 is 1. The van der Waals surface area contributed by atoms with Crippen LogP contribution in [0.2, 0.25) is 0 Å². The second-order valence-electron chi connectivity index (χ2n) is 5.13. The van der Waals surface area contributed by atoms with Gasteiger partial charge in [-0.05, 0) is 23.6 Å². The average molecular weight is 332 g/mol. The van der Waals surface area contributed by atoms with E-state index in [0.29, 0.717) is 31.0 Å². The third-order valence-corrected chi connectivity index (χ3v) is 4.49. The van der Waals surface area contributed by atoms with Crippen molar-refractivity contribution in [3.8, 4) is 0 Å². The van der Waals surface area contributed by atoms with Crippen LogP contribution in [-0.4, -0.2) is 30.7 Å². The standard InChI is InChI=1S/C17H17FN2O2S/c1-22-8-7-19-17(21)15-10-16-14(6-9-23-16)20(15)11-12-4-2-3-5-13(12)18/h2-6,9-10H,7-8,11H2,1H3,(H,19,21). The Labute approximate surface area is 137 Å². The lowest BCUT2D eigenvalue weighted by atomic mass is 10.2. The summed E-state index contributed by atoms with van der Waals surface area (Å²) in [7, 11) is 1.59. The average Bonchev–Trinajstić information content (AvgIpc) is 3.12. The fourth-order valence-corrected chi connectivity index (χ4v) is 3.31. The summed E-state index contributed by atoms with van der Waals surface area (Å²) in [5.41, 5.74) is 2.03. The molecule has 0 saturated heterocycles. The fraction of sp³-hybridized carbons (Fsp3) is 0.235. The van der Waals surface area contributed by atoms with E-state index in [1.807, 2.05) is 22.1 Å². The topological polar surface area (TPSA) is 43.3 Å². The molecule has 3 rings (SSSR count). The zero-order valence-corrected chi connectivity index (χ0v) is 13.5. The number of ether oxygens (including phenoxy) is 1. The van der Waals surface area contributed by atoms with Crippen LogP contribution in [0.4, 0.5) is 4.39 Å². The minimum Gasteiger partial charge on any atom is -0.383 e. The summed E-state index contributed by atoms with van der Waals surface area (Å²) in [5.74, 6) is -0.447. The summed E-state index contributed by atoms with van der Waals surface area (Å²) in [4.78, 5) is 12.4. The quantitative estimate of drug-likeness (QED) is 0.704. The number of hydrogen-bond acceptors (Lipinski definition) is 3. The smallest absolute Gasteiger partial charge is 0.268 e. The lowest BCUT2D eigenvalue weighted by Gasteiger charge is -2.11. The predicted octanol–water partition coefficient (Wildman–Crippen LogP) is 3.27. The monoisotopic (exact) mass is 332 g/mol. The van der Waals surface area contributed by atoms with Crippen LogP contribution in [0, 0.1) is 5.82 Å². The van der Waals surface area contributed by atoms with Crippen LogP contribution in [0.25, 0.3) is 10.2 Å². The molecule has 0 bridgehead atoms. The lowest BCUT2D eigenvalue weighted by molar-refractivity contribution is 0.0928. The largest absolute Gasteiger partial charge is 0.383 e. The molecule has 2 heterocycles. The number of benzene rings is 1. The van der Waals surface area contributed by atoms with Crippen molar-refractivity contribution in [3.63, 3.8) is 0 Å². The van der Waals surface area contributed by atoms with E-state index in [4.69, 9.17) is 4.74 Å². The Balaban J connectivity index is 1.94. The van der Waals surface area contributed by atoms with Crippen LogP contribution < -0.4 is 5.32 Å². The normalized spacial score (nSPS) is 11.0. The van der Waals surface area contributed by atoms with E-state index in [0.717, 1.165) is 10.2 Å². The van der Waals surface area contributed by atoms with Gasteiger partial charge in [0.1, 0.15) is 11.5 Å². The number of fused-ring (bicyclic) bond motifs is 1. The van der Waals surface area contributed by atoms with Crippen molar-refractivity contribution >= 4 is 27.5 Å². The van der Waals surface area contributed by atoms with Crippen LogP contribution in [0.1, 0.15) is 16.1 Å². The molecule has 23 heavy (non-hydrogen) atoms. The van der Waals surface area contributed by atoms with Crippen LogP contribution in [0.5, 0.6) is 0 Å². The predicted molar refractivity (Wildman–Crippen MR) is 89.5 cm³/mol. The zero-order valence-electron chi connectivity index (χ0n) is 12.7. The molecule has 0 atom stereocenters. The van der Waals surface area contributed by atoms with Crippen molar-refractivity contribution in [1.82, 2.24) is 9.88 Å². The molecule has 0 fully saturated rings. The van der Waals surface area contributed by atoms with E-state index in [-0.39, 0.29) is 11.7 Å². The van der Waals surface area contributed by atoms with E-state index in [9.17, 15) is 9.18 Å². The molecule has 1 aromatic carbocycles. The summed E-state index contributed by atoms with van der Waals surface area (Å²) in [6.45, 7) is 1.21. The minimum absolute atomic E-state index is 0.179. The molecule has 120 valence electrons. The van der Waals surface area contributed by atoms with E-state index >= 15 is 0 Å². The number of nitrogens with zero attached hydrogens (tertiary/aromatic N) is 1. The molecule has 0 unspecified atom stereocenters. The third kappa shape index (κ3) is 3.28. The molecule has 0 radical (unpaired) electrons. The van der Waals surface area contributed by atoms with Gasteiger partial charge in [-0.15, -0.1) is 11.3 Å². The number of thiophene rings is 1. The molecule has 1 N–H and O–H groups in total. The molecule has 4 nitrogen and oxygen atoms in total. The molecule has 0 spiro atoms. The van der Waals surface area contributed by atoms with Gasteiger partial charge in [-0.1, -0.05) is 18.2 Å². The summed E-state index contributed by atoms with van der Waals surface area (Å²) in [6, 6.07) is 10.4. The summed E-state index contributed by atoms with van der Waals surface area (Å²) in [6.07, 6.45) is 0. The van der Waals surface area contributed by atoms with Gasteiger partial charge in [0, 0.05) is 19.2 Å². The summed E-state index contributed by atoms with van der Waals surface area (Å²) in [5, 5.41) is 4.78. The van der Waals surface area contributed by atoms with Crippen LogP contribution >= 0.6 is 11.3 Å². The van der Waals surface area contributed by atoms with Crippen LogP contribution in [-0.2, 0) is 11.3 Å². The zero-order chi connectivity index (χ0) is 16.2. The summed E-state index contributed by atoms with van der Waals surface area (Å²) < 4.78 is 21.8. The van der Waals surface area contributed by atoms with Gasteiger partial charge in [-0.25, -0.2) is 4.39 Å². The maximum absolute atomic E-state index is 14.0.